The number of carbonyl (C=O) groups is 1. The summed E-state index contributed by atoms with van der Waals surface area (Å²) in [5.41, 5.74) is 0.0382. The second kappa shape index (κ2) is 18.6. The topological polar surface area (TPSA) is 56.8 Å². The quantitative estimate of drug-likeness (QED) is 0.135. The maximum absolute atomic E-state index is 13.0. The largest absolute Gasteiger partial charge is 0.460 e. The zero-order valence-corrected chi connectivity index (χ0v) is 22.5. The van der Waals surface area contributed by atoms with Crippen LogP contribution in [-0.2, 0) is 20.4 Å². The number of benzene rings is 2. The monoisotopic (exact) mass is 537 g/mol. The first-order chi connectivity index (χ1) is 18.4. The first-order valence-electron chi connectivity index (χ1n) is 13.8. The fourth-order valence-corrected chi connectivity index (χ4v) is 3.98. The first-order valence-corrected chi connectivity index (χ1v) is 13.8. The minimum atomic E-state index is -4.45. The number of hydrogen-bond donors (Lipinski definition) is 1. The van der Waals surface area contributed by atoms with E-state index in [0.717, 1.165) is 25.2 Å². The molecule has 5 nitrogen and oxygen atoms in total. The number of nitrogens with one attached hydrogen (secondary N) is 1. The second-order valence-corrected chi connectivity index (χ2v) is 9.29. The molecule has 212 valence electrons. The molecule has 0 saturated heterocycles. The van der Waals surface area contributed by atoms with E-state index >= 15 is 0 Å². The smallest absolute Gasteiger partial charge is 0.416 e. The molecule has 0 fully saturated rings. The van der Waals surface area contributed by atoms with Gasteiger partial charge in [-0.15, -0.1) is 0 Å². The van der Waals surface area contributed by atoms with Crippen LogP contribution in [0.15, 0.2) is 48.5 Å². The lowest BCUT2D eigenvalue weighted by Gasteiger charge is -2.13. The number of para-hydroxylation sites is 1. The van der Waals surface area contributed by atoms with E-state index < -0.39 is 17.7 Å². The van der Waals surface area contributed by atoms with Crippen LogP contribution in [-0.4, -0.2) is 39.0 Å². The lowest BCUT2D eigenvalue weighted by Crippen LogP contribution is -2.14. The van der Waals surface area contributed by atoms with Crippen LogP contribution in [0.1, 0.15) is 87.1 Å². The Morgan fingerprint density at radius 3 is 2.03 bits per heavy atom. The zero-order chi connectivity index (χ0) is 27.5. The van der Waals surface area contributed by atoms with Crippen molar-refractivity contribution in [2.75, 3.05) is 38.4 Å². The van der Waals surface area contributed by atoms with Gasteiger partial charge < -0.3 is 19.5 Å². The van der Waals surface area contributed by atoms with E-state index in [-0.39, 0.29) is 24.5 Å². The van der Waals surface area contributed by atoms with Crippen molar-refractivity contribution >= 4 is 17.3 Å². The van der Waals surface area contributed by atoms with Gasteiger partial charge in [-0.1, -0.05) is 82.9 Å². The molecule has 0 aliphatic rings. The van der Waals surface area contributed by atoms with Gasteiger partial charge in [-0.05, 0) is 36.8 Å². The van der Waals surface area contributed by atoms with Crippen LogP contribution < -0.4 is 5.32 Å². The Balaban J connectivity index is 1.55. The molecule has 1 N–H and O–H groups in total. The average molecular weight is 538 g/mol. The minimum absolute atomic E-state index is 0.0647. The normalized spacial score (nSPS) is 11.5. The number of anilines is 2. The summed E-state index contributed by atoms with van der Waals surface area (Å²) in [6, 6.07) is 11.3. The van der Waals surface area contributed by atoms with E-state index in [2.05, 4.69) is 12.2 Å². The van der Waals surface area contributed by atoms with Gasteiger partial charge in [0.25, 0.3) is 0 Å². The van der Waals surface area contributed by atoms with E-state index in [4.69, 9.17) is 14.2 Å². The van der Waals surface area contributed by atoms with Crippen LogP contribution >= 0.6 is 0 Å². The molecular formula is C30H42F3NO4. The van der Waals surface area contributed by atoms with Crippen LogP contribution in [0.3, 0.4) is 0 Å². The van der Waals surface area contributed by atoms with Crippen LogP contribution in [0.2, 0.25) is 0 Å². The summed E-state index contributed by atoms with van der Waals surface area (Å²) in [5, 5.41) is 2.88. The Kier molecular flexibility index (Phi) is 15.5. The highest BCUT2D eigenvalue weighted by Crippen LogP contribution is 2.32. The molecule has 0 saturated carbocycles. The van der Waals surface area contributed by atoms with E-state index in [1.165, 1.54) is 69.9 Å². The number of rotatable bonds is 20. The molecule has 0 unspecified atom stereocenters. The molecule has 8 heteroatoms. The summed E-state index contributed by atoms with van der Waals surface area (Å²) in [7, 11) is 0. The van der Waals surface area contributed by atoms with Gasteiger partial charge in [0.15, 0.2) is 0 Å². The van der Waals surface area contributed by atoms with Crippen molar-refractivity contribution in [3.05, 3.63) is 59.7 Å². The van der Waals surface area contributed by atoms with Gasteiger partial charge in [0, 0.05) is 12.3 Å². The van der Waals surface area contributed by atoms with Gasteiger partial charge in [0.1, 0.15) is 6.61 Å². The van der Waals surface area contributed by atoms with E-state index in [0.29, 0.717) is 18.9 Å². The number of halogens is 3. The number of hydrogen-bond acceptors (Lipinski definition) is 5. The summed E-state index contributed by atoms with van der Waals surface area (Å²) >= 11 is 0. The van der Waals surface area contributed by atoms with Crippen molar-refractivity contribution in [2.45, 2.75) is 77.3 Å². The molecule has 0 heterocycles. The fourth-order valence-electron chi connectivity index (χ4n) is 3.98. The SMILES string of the molecule is CCCCCCCCCCCCOCCOCCOC(=O)c1ccccc1Nc1cccc(C(F)(F)F)c1. The highest BCUT2D eigenvalue weighted by atomic mass is 19.4. The van der Waals surface area contributed by atoms with Gasteiger partial charge in [-0.3, -0.25) is 0 Å². The van der Waals surface area contributed by atoms with Crippen molar-refractivity contribution in [1.29, 1.82) is 0 Å². The van der Waals surface area contributed by atoms with E-state index in [1.807, 2.05) is 0 Å². The molecule has 2 aromatic rings. The molecule has 2 aromatic carbocycles. The van der Waals surface area contributed by atoms with Crippen molar-refractivity contribution < 1.29 is 32.2 Å². The third kappa shape index (κ3) is 13.3. The third-order valence-electron chi connectivity index (χ3n) is 6.09. The molecule has 0 radical (unpaired) electrons. The standard InChI is InChI=1S/C30H42F3NO4/c1-2-3-4-5-6-7-8-9-10-13-19-36-20-21-37-22-23-38-29(35)27-17-11-12-18-28(27)34-26-16-14-15-25(24-26)30(31,32)33/h11-12,14-18,24,34H,2-10,13,19-23H2,1H3. The Morgan fingerprint density at radius 2 is 1.34 bits per heavy atom. The van der Waals surface area contributed by atoms with Gasteiger partial charge in [-0.2, -0.15) is 13.2 Å². The molecular weight excluding hydrogens is 495 g/mol. The molecule has 0 aromatic heterocycles. The third-order valence-corrected chi connectivity index (χ3v) is 6.09. The number of esters is 1. The molecule has 0 atom stereocenters. The van der Waals surface area contributed by atoms with Crippen molar-refractivity contribution in [2.24, 2.45) is 0 Å². The molecule has 0 bridgehead atoms. The van der Waals surface area contributed by atoms with Gasteiger partial charge in [0.2, 0.25) is 0 Å². The molecule has 2 rings (SSSR count). The predicted octanol–water partition coefficient (Wildman–Crippen LogP) is 8.56. The second-order valence-electron chi connectivity index (χ2n) is 9.29. The maximum Gasteiger partial charge on any atom is 0.416 e. The number of unbranched alkanes of at least 4 members (excludes halogenated alkanes) is 9. The summed E-state index contributed by atoms with van der Waals surface area (Å²) in [4.78, 5) is 12.5. The van der Waals surface area contributed by atoms with Crippen LogP contribution in [0.25, 0.3) is 0 Å². The Bertz CT molecular complexity index is 920. The summed E-state index contributed by atoms with van der Waals surface area (Å²) in [6.45, 7) is 4.18. The van der Waals surface area contributed by atoms with Crippen molar-refractivity contribution in [3.8, 4) is 0 Å². The molecule has 0 amide bonds. The lowest BCUT2D eigenvalue weighted by molar-refractivity contribution is -0.137. The summed E-state index contributed by atoms with van der Waals surface area (Å²) in [6.07, 6.45) is 8.43. The van der Waals surface area contributed by atoms with Crippen LogP contribution in [0.4, 0.5) is 24.5 Å². The Labute approximate surface area is 225 Å². The summed E-state index contributed by atoms with van der Waals surface area (Å²) < 4.78 is 55.3. The fraction of sp³-hybridized carbons (Fsp3) is 0.567. The van der Waals surface area contributed by atoms with Gasteiger partial charge in [0.05, 0.1) is 36.6 Å². The number of carbonyl (C=O) groups excluding carboxylic acids is 1. The maximum atomic E-state index is 13.0. The number of alkyl halides is 3. The molecule has 0 spiro atoms. The highest BCUT2D eigenvalue weighted by molar-refractivity contribution is 5.96. The van der Waals surface area contributed by atoms with Gasteiger partial charge >= 0.3 is 12.1 Å². The first kappa shape index (κ1) is 31.6. The lowest BCUT2D eigenvalue weighted by atomic mass is 10.1. The molecule has 38 heavy (non-hydrogen) atoms. The van der Waals surface area contributed by atoms with E-state index in [1.54, 1.807) is 24.3 Å². The highest BCUT2D eigenvalue weighted by Gasteiger charge is 2.30. The van der Waals surface area contributed by atoms with Crippen molar-refractivity contribution in [3.63, 3.8) is 0 Å². The molecule has 0 aliphatic carbocycles. The van der Waals surface area contributed by atoms with Crippen LogP contribution in [0.5, 0.6) is 0 Å². The van der Waals surface area contributed by atoms with E-state index in [9.17, 15) is 18.0 Å². The Morgan fingerprint density at radius 1 is 0.737 bits per heavy atom. The van der Waals surface area contributed by atoms with Crippen LogP contribution in [0, 0.1) is 0 Å². The Hall–Kier alpha value is -2.58. The number of ether oxygens (including phenoxy) is 3. The molecule has 0 aliphatic heterocycles. The predicted molar refractivity (Wildman–Crippen MR) is 145 cm³/mol. The van der Waals surface area contributed by atoms with Crippen molar-refractivity contribution in [1.82, 2.24) is 0 Å². The minimum Gasteiger partial charge on any atom is -0.460 e. The summed E-state index contributed by atoms with van der Waals surface area (Å²) in [5.74, 6) is -0.583. The van der Waals surface area contributed by atoms with Gasteiger partial charge in [-0.25, -0.2) is 4.79 Å². The average Bonchev–Trinajstić information content (AvgIpc) is 2.90. The zero-order valence-electron chi connectivity index (χ0n) is 22.5.